The summed E-state index contributed by atoms with van der Waals surface area (Å²) in [6.45, 7) is 3.60. The molecule has 1 aliphatic rings. The highest BCUT2D eigenvalue weighted by atomic mass is 35.5. The van der Waals surface area contributed by atoms with Crippen LogP contribution in [0.1, 0.15) is 47.8 Å². The molecule has 2 heterocycles. The van der Waals surface area contributed by atoms with Crippen LogP contribution in [0.5, 0.6) is 0 Å². The zero-order valence-electron chi connectivity index (χ0n) is 18.8. The lowest BCUT2D eigenvalue weighted by Crippen LogP contribution is -2.29. The molecule has 0 saturated carbocycles. The highest BCUT2D eigenvalue weighted by Gasteiger charge is 2.37. The Morgan fingerprint density at radius 1 is 0.914 bits per heavy atom. The van der Waals surface area contributed by atoms with Gasteiger partial charge in [0.1, 0.15) is 12.2 Å². The molecule has 0 fully saturated rings. The van der Waals surface area contributed by atoms with Gasteiger partial charge < -0.3 is 9.15 Å². The molecule has 0 radical (unpaired) electrons. The van der Waals surface area contributed by atoms with Gasteiger partial charge in [-0.05, 0) is 67.4 Å². The van der Waals surface area contributed by atoms with Crippen LogP contribution in [0.15, 0.2) is 69.9 Å². The molecule has 4 aromatic rings. The van der Waals surface area contributed by atoms with Gasteiger partial charge >= 0.3 is 11.6 Å². The zero-order chi connectivity index (χ0) is 24.9. The van der Waals surface area contributed by atoms with Crippen LogP contribution in [0.4, 0.5) is 5.69 Å². The van der Waals surface area contributed by atoms with Gasteiger partial charge in [0.15, 0.2) is 0 Å². The Balaban J connectivity index is 1.40. The van der Waals surface area contributed by atoms with E-state index in [2.05, 4.69) is 0 Å². The molecule has 0 saturated heterocycles. The number of hydrogen-bond donors (Lipinski definition) is 0. The minimum atomic E-state index is -0.691. The van der Waals surface area contributed by atoms with Crippen LogP contribution >= 0.6 is 11.6 Å². The van der Waals surface area contributed by atoms with Crippen molar-refractivity contribution >= 4 is 46.0 Å². The van der Waals surface area contributed by atoms with Crippen molar-refractivity contribution in [3.8, 4) is 0 Å². The van der Waals surface area contributed by atoms with E-state index in [1.807, 2.05) is 26.0 Å². The highest BCUT2D eigenvalue weighted by Crippen LogP contribution is 2.30. The van der Waals surface area contributed by atoms with Crippen LogP contribution in [0.3, 0.4) is 0 Å². The standard InChI is InChI=1S/C27H18ClNO6/c1-14-3-9-20-17(12-23(30)35-24(20)15(14)2)13-34-27(33)16-4-10-21-22(11-16)26(32)29(25(21)31)19-7-5-18(28)6-8-19/h3-12H,13H2,1-2H3. The molecule has 1 aliphatic heterocycles. The average molecular weight is 488 g/mol. The number of benzene rings is 3. The van der Waals surface area contributed by atoms with Gasteiger partial charge in [0, 0.05) is 22.0 Å². The topological polar surface area (TPSA) is 93.9 Å². The van der Waals surface area contributed by atoms with Crippen LogP contribution < -0.4 is 10.5 Å². The van der Waals surface area contributed by atoms with Crippen LogP contribution in [0.25, 0.3) is 11.0 Å². The number of ether oxygens (including phenoxy) is 1. The van der Waals surface area contributed by atoms with Crippen molar-refractivity contribution in [3.05, 3.63) is 109 Å². The zero-order valence-corrected chi connectivity index (χ0v) is 19.5. The molecule has 174 valence electrons. The number of carbonyl (C=O) groups is 3. The highest BCUT2D eigenvalue weighted by molar-refractivity contribution is 6.35. The Labute approximate surface area is 204 Å². The van der Waals surface area contributed by atoms with E-state index in [9.17, 15) is 19.2 Å². The summed E-state index contributed by atoms with van der Waals surface area (Å²) in [4.78, 5) is 51.7. The lowest BCUT2D eigenvalue weighted by atomic mass is 10.0. The van der Waals surface area contributed by atoms with Gasteiger partial charge in [-0.25, -0.2) is 14.5 Å². The van der Waals surface area contributed by atoms with Gasteiger partial charge in [-0.15, -0.1) is 0 Å². The van der Waals surface area contributed by atoms with Crippen LogP contribution in [0.2, 0.25) is 5.02 Å². The molecule has 2 amide bonds. The Bertz CT molecular complexity index is 1600. The Morgan fingerprint density at radius 2 is 1.63 bits per heavy atom. The van der Waals surface area contributed by atoms with E-state index in [1.165, 1.54) is 24.3 Å². The van der Waals surface area contributed by atoms with Crippen molar-refractivity contribution in [1.82, 2.24) is 0 Å². The predicted molar refractivity (Wildman–Crippen MR) is 130 cm³/mol. The van der Waals surface area contributed by atoms with Gasteiger partial charge in [-0.2, -0.15) is 0 Å². The Morgan fingerprint density at radius 3 is 2.37 bits per heavy atom. The molecule has 7 nitrogen and oxygen atoms in total. The minimum absolute atomic E-state index is 0.108. The number of rotatable bonds is 4. The van der Waals surface area contributed by atoms with E-state index < -0.39 is 23.4 Å². The molecule has 0 bridgehead atoms. The molecular formula is C27H18ClNO6. The van der Waals surface area contributed by atoms with Crippen LogP contribution in [0, 0.1) is 13.8 Å². The molecule has 0 spiro atoms. The van der Waals surface area contributed by atoms with Crippen molar-refractivity contribution in [3.63, 3.8) is 0 Å². The molecule has 0 aliphatic carbocycles. The fourth-order valence-electron chi connectivity index (χ4n) is 4.06. The van der Waals surface area contributed by atoms with Crippen molar-refractivity contribution in [2.24, 2.45) is 0 Å². The summed E-state index contributed by atoms with van der Waals surface area (Å²) < 4.78 is 10.8. The first-order valence-corrected chi connectivity index (χ1v) is 11.1. The molecule has 0 unspecified atom stereocenters. The third-order valence-corrected chi connectivity index (χ3v) is 6.34. The number of hydrogen-bond acceptors (Lipinski definition) is 6. The largest absolute Gasteiger partial charge is 0.457 e. The average Bonchev–Trinajstić information content (AvgIpc) is 3.10. The lowest BCUT2D eigenvalue weighted by molar-refractivity contribution is 0.0473. The van der Waals surface area contributed by atoms with Gasteiger partial charge in [0.2, 0.25) is 0 Å². The van der Waals surface area contributed by atoms with Crippen LogP contribution in [-0.4, -0.2) is 17.8 Å². The quantitative estimate of drug-likeness (QED) is 0.222. The summed E-state index contributed by atoms with van der Waals surface area (Å²) in [5.41, 5.74) is 3.02. The third kappa shape index (κ3) is 3.90. The third-order valence-electron chi connectivity index (χ3n) is 6.08. The summed E-state index contributed by atoms with van der Waals surface area (Å²) in [6, 6.07) is 15.5. The number of esters is 1. The van der Waals surface area contributed by atoms with Crippen molar-refractivity contribution in [1.29, 1.82) is 0 Å². The summed E-state index contributed by atoms with van der Waals surface area (Å²) in [6.07, 6.45) is 0. The molecule has 35 heavy (non-hydrogen) atoms. The maximum atomic E-state index is 13.0. The molecular weight excluding hydrogens is 470 g/mol. The van der Waals surface area contributed by atoms with E-state index in [0.29, 0.717) is 27.2 Å². The molecule has 1 aromatic heterocycles. The molecule has 0 N–H and O–H groups in total. The number of nitrogens with zero attached hydrogens (tertiary/aromatic N) is 1. The number of imide groups is 1. The summed E-state index contributed by atoms with van der Waals surface area (Å²) in [7, 11) is 0. The van der Waals surface area contributed by atoms with E-state index in [0.717, 1.165) is 16.0 Å². The first-order valence-electron chi connectivity index (χ1n) is 10.7. The second-order valence-electron chi connectivity index (χ2n) is 8.23. The number of aryl methyl sites for hydroxylation is 2. The second kappa shape index (κ2) is 8.52. The predicted octanol–water partition coefficient (Wildman–Crippen LogP) is 5.22. The lowest BCUT2D eigenvalue weighted by Gasteiger charge is -2.13. The second-order valence-corrected chi connectivity index (χ2v) is 8.67. The fourth-order valence-corrected chi connectivity index (χ4v) is 4.19. The van der Waals surface area contributed by atoms with Gasteiger partial charge in [-0.3, -0.25) is 9.59 Å². The minimum Gasteiger partial charge on any atom is -0.457 e. The SMILES string of the molecule is Cc1ccc2c(COC(=O)c3ccc4c(c3)C(=O)N(c3ccc(Cl)cc3)C4=O)cc(=O)oc2c1C. The smallest absolute Gasteiger partial charge is 0.338 e. The maximum Gasteiger partial charge on any atom is 0.338 e. The maximum absolute atomic E-state index is 13.0. The molecule has 3 aromatic carbocycles. The Hall–Kier alpha value is -4.23. The van der Waals surface area contributed by atoms with E-state index in [-0.39, 0.29) is 23.3 Å². The van der Waals surface area contributed by atoms with Gasteiger partial charge in [-0.1, -0.05) is 23.7 Å². The number of anilines is 1. The number of fused-ring (bicyclic) bond motifs is 2. The normalized spacial score (nSPS) is 12.8. The molecule has 0 atom stereocenters. The van der Waals surface area contributed by atoms with Crippen LogP contribution in [-0.2, 0) is 11.3 Å². The first kappa shape index (κ1) is 22.6. The fraction of sp³-hybridized carbons (Fsp3) is 0.111. The summed E-state index contributed by atoms with van der Waals surface area (Å²) in [5.74, 6) is -1.72. The van der Waals surface area contributed by atoms with E-state index >= 15 is 0 Å². The Kier molecular flexibility index (Phi) is 5.49. The first-order chi connectivity index (χ1) is 16.7. The number of amides is 2. The van der Waals surface area contributed by atoms with Gasteiger partial charge in [0.25, 0.3) is 11.8 Å². The van der Waals surface area contributed by atoms with Crippen molar-refractivity contribution in [2.75, 3.05) is 4.90 Å². The van der Waals surface area contributed by atoms with Gasteiger partial charge in [0.05, 0.1) is 22.4 Å². The van der Waals surface area contributed by atoms with E-state index in [4.69, 9.17) is 20.8 Å². The summed E-state index contributed by atoms with van der Waals surface area (Å²) >= 11 is 5.90. The molecule has 8 heteroatoms. The number of carbonyl (C=O) groups excluding carboxylic acids is 3. The summed E-state index contributed by atoms with van der Waals surface area (Å²) in [5, 5.41) is 1.15. The van der Waals surface area contributed by atoms with E-state index in [1.54, 1.807) is 24.3 Å². The van der Waals surface area contributed by atoms with Crippen molar-refractivity contribution in [2.45, 2.75) is 20.5 Å². The monoisotopic (exact) mass is 487 g/mol. The van der Waals surface area contributed by atoms with Crippen molar-refractivity contribution < 1.29 is 23.5 Å². The number of halogens is 1. The molecule has 5 rings (SSSR count).